The topological polar surface area (TPSA) is 61.1 Å². The fourth-order valence-electron chi connectivity index (χ4n) is 1.06. The highest BCUT2D eigenvalue weighted by atomic mass is 19.1. The van der Waals surface area contributed by atoms with Crippen LogP contribution < -0.4 is 0 Å². The first-order chi connectivity index (χ1) is 7.13. The SMILES string of the molecule is N#CCc1ccc(C=CC(=O)O)cc1F. The van der Waals surface area contributed by atoms with E-state index >= 15 is 0 Å². The molecule has 1 aromatic rings. The Morgan fingerprint density at radius 2 is 2.33 bits per heavy atom. The first kappa shape index (κ1) is 10.9. The Morgan fingerprint density at radius 3 is 2.87 bits per heavy atom. The van der Waals surface area contributed by atoms with Crippen molar-refractivity contribution in [3.05, 3.63) is 41.2 Å². The Bertz CT molecular complexity index is 446. The Hall–Kier alpha value is -2.15. The average molecular weight is 205 g/mol. The minimum Gasteiger partial charge on any atom is -0.478 e. The molecule has 0 aliphatic rings. The number of aliphatic carboxylic acids is 1. The second kappa shape index (κ2) is 4.91. The number of carbonyl (C=O) groups is 1. The van der Waals surface area contributed by atoms with Gasteiger partial charge in [0.2, 0.25) is 0 Å². The summed E-state index contributed by atoms with van der Waals surface area (Å²) in [5.41, 5.74) is 0.765. The van der Waals surface area contributed by atoms with Gasteiger partial charge in [-0.25, -0.2) is 9.18 Å². The Kier molecular flexibility index (Phi) is 3.58. The highest BCUT2D eigenvalue weighted by Gasteiger charge is 2.01. The van der Waals surface area contributed by atoms with Crippen LogP contribution in [0.25, 0.3) is 6.08 Å². The molecule has 0 aromatic heterocycles. The van der Waals surface area contributed by atoms with Gasteiger partial charge in [0.15, 0.2) is 0 Å². The zero-order valence-electron chi connectivity index (χ0n) is 7.77. The van der Waals surface area contributed by atoms with Crippen molar-refractivity contribution in [2.75, 3.05) is 0 Å². The van der Waals surface area contributed by atoms with E-state index in [-0.39, 0.29) is 6.42 Å². The predicted molar refractivity (Wildman–Crippen MR) is 52.4 cm³/mol. The number of nitrogens with zero attached hydrogens (tertiary/aromatic N) is 1. The second-order valence-corrected chi connectivity index (χ2v) is 2.86. The maximum atomic E-state index is 13.2. The smallest absolute Gasteiger partial charge is 0.328 e. The van der Waals surface area contributed by atoms with Crippen molar-refractivity contribution in [3.63, 3.8) is 0 Å². The van der Waals surface area contributed by atoms with Crippen LogP contribution in [0.4, 0.5) is 4.39 Å². The van der Waals surface area contributed by atoms with Crippen LogP contribution in [0.1, 0.15) is 11.1 Å². The fourth-order valence-corrected chi connectivity index (χ4v) is 1.06. The van der Waals surface area contributed by atoms with Gasteiger partial charge in [0.25, 0.3) is 0 Å². The Morgan fingerprint density at radius 1 is 1.60 bits per heavy atom. The molecule has 0 spiro atoms. The predicted octanol–water partition coefficient (Wildman–Crippen LogP) is 1.99. The van der Waals surface area contributed by atoms with Gasteiger partial charge in [-0.15, -0.1) is 0 Å². The highest BCUT2D eigenvalue weighted by molar-refractivity contribution is 5.85. The lowest BCUT2D eigenvalue weighted by molar-refractivity contribution is -0.131. The molecule has 1 N–H and O–H groups in total. The van der Waals surface area contributed by atoms with Crippen molar-refractivity contribution in [1.82, 2.24) is 0 Å². The molecule has 0 aliphatic heterocycles. The molecule has 0 atom stereocenters. The second-order valence-electron chi connectivity index (χ2n) is 2.86. The summed E-state index contributed by atoms with van der Waals surface area (Å²) in [6, 6.07) is 6.08. The molecular formula is C11H8FNO2. The van der Waals surface area contributed by atoms with Gasteiger partial charge in [-0.05, 0) is 17.7 Å². The normalized spacial score (nSPS) is 10.1. The molecule has 0 fully saturated rings. The van der Waals surface area contributed by atoms with Gasteiger partial charge in [0, 0.05) is 11.6 Å². The molecule has 0 amide bonds. The third-order valence-corrected chi connectivity index (χ3v) is 1.76. The summed E-state index contributed by atoms with van der Waals surface area (Å²) in [6.45, 7) is 0. The molecule has 0 saturated carbocycles. The van der Waals surface area contributed by atoms with Crippen LogP contribution >= 0.6 is 0 Å². The largest absolute Gasteiger partial charge is 0.478 e. The third-order valence-electron chi connectivity index (χ3n) is 1.76. The molecule has 76 valence electrons. The summed E-state index contributed by atoms with van der Waals surface area (Å²) in [7, 11) is 0. The van der Waals surface area contributed by atoms with Gasteiger partial charge in [-0.1, -0.05) is 12.1 Å². The molecule has 0 heterocycles. The van der Waals surface area contributed by atoms with Crippen LogP contribution in [0.2, 0.25) is 0 Å². The standard InChI is InChI=1S/C11H8FNO2/c12-10-7-8(2-4-11(14)15)1-3-9(10)5-6-13/h1-4,7H,5H2,(H,14,15). The van der Waals surface area contributed by atoms with Crippen molar-refractivity contribution in [2.24, 2.45) is 0 Å². The number of carboxylic acids is 1. The molecule has 0 unspecified atom stereocenters. The van der Waals surface area contributed by atoms with Gasteiger partial charge < -0.3 is 5.11 Å². The highest BCUT2D eigenvalue weighted by Crippen LogP contribution is 2.12. The summed E-state index contributed by atoms with van der Waals surface area (Å²) in [5, 5.41) is 16.7. The average Bonchev–Trinajstić information content (AvgIpc) is 2.19. The zero-order valence-corrected chi connectivity index (χ0v) is 7.77. The van der Waals surface area contributed by atoms with Gasteiger partial charge >= 0.3 is 5.97 Å². The van der Waals surface area contributed by atoms with E-state index in [2.05, 4.69) is 0 Å². The maximum absolute atomic E-state index is 13.2. The Balaban J connectivity index is 2.92. The summed E-state index contributed by atoms with van der Waals surface area (Å²) < 4.78 is 13.2. The lowest BCUT2D eigenvalue weighted by Crippen LogP contribution is -1.90. The number of nitriles is 1. The van der Waals surface area contributed by atoms with E-state index in [1.807, 2.05) is 6.07 Å². The van der Waals surface area contributed by atoms with Crippen molar-refractivity contribution in [2.45, 2.75) is 6.42 Å². The molecule has 1 rings (SSSR count). The van der Waals surface area contributed by atoms with E-state index in [1.54, 1.807) is 6.07 Å². The molecule has 4 heteroatoms. The van der Waals surface area contributed by atoms with Crippen LogP contribution in [0.5, 0.6) is 0 Å². The lowest BCUT2D eigenvalue weighted by Gasteiger charge is -1.98. The number of benzene rings is 1. The fraction of sp³-hybridized carbons (Fsp3) is 0.0909. The van der Waals surface area contributed by atoms with Crippen LogP contribution in [0.15, 0.2) is 24.3 Å². The number of rotatable bonds is 3. The lowest BCUT2D eigenvalue weighted by atomic mass is 10.1. The number of hydrogen-bond acceptors (Lipinski definition) is 2. The van der Waals surface area contributed by atoms with Crippen molar-refractivity contribution in [3.8, 4) is 6.07 Å². The van der Waals surface area contributed by atoms with Gasteiger partial charge in [0.05, 0.1) is 12.5 Å². The monoisotopic (exact) mass is 205 g/mol. The number of halogens is 1. The summed E-state index contributed by atoms with van der Waals surface area (Å²) in [6.07, 6.45) is 2.23. The van der Waals surface area contributed by atoms with E-state index in [4.69, 9.17) is 10.4 Å². The molecule has 1 aromatic carbocycles. The van der Waals surface area contributed by atoms with Gasteiger partial charge in [-0.2, -0.15) is 5.26 Å². The zero-order chi connectivity index (χ0) is 11.3. The van der Waals surface area contributed by atoms with Crippen LogP contribution in [-0.2, 0) is 11.2 Å². The molecule has 0 bridgehead atoms. The molecule has 3 nitrogen and oxygen atoms in total. The maximum Gasteiger partial charge on any atom is 0.328 e. The van der Waals surface area contributed by atoms with E-state index in [0.29, 0.717) is 11.1 Å². The van der Waals surface area contributed by atoms with Gasteiger partial charge in [0.1, 0.15) is 5.82 Å². The first-order valence-electron chi connectivity index (χ1n) is 4.20. The van der Waals surface area contributed by atoms with Crippen LogP contribution in [0, 0.1) is 17.1 Å². The number of hydrogen-bond donors (Lipinski definition) is 1. The van der Waals surface area contributed by atoms with Crippen molar-refractivity contribution < 1.29 is 14.3 Å². The van der Waals surface area contributed by atoms with Crippen LogP contribution in [0.3, 0.4) is 0 Å². The molecule has 0 radical (unpaired) electrons. The minimum atomic E-state index is -1.09. The van der Waals surface area contributed by atoms with Crippen LogP contribution in [-0.4, -0.2) is 11.1 Å². The molecule has 0 aliphatic carbocycles. The van der Waals surface area contributed by atoms with Gasteiger partial charge in [-0.3, -0.25) is 0 Å². The molecular weight excluding hydrogens is 197 g/mol. The molecule has 0 saturated heterocycles. The summed E-state index contributed by atoms with van der Waals surface area (Å²) in [5.74, 6) is -1.58. The van der Waals surface area contributed by atoms with E-state index in [1.165, 1.54) is 18.2 Å². The van der Waals surface area contributed by atoms with Crippen molar-refractivity contribution >= 4 is 12.0 Å². The van der Waals surface area contributed by atoms with E-state index in [9.17, 15) is 9.18 Å². The summed E-state index contributed by atoms with van der Waals surface area (Å²) >= 11 is 0. The van der Waals surface area contributed by atoms with E-state index < -0.39 is 11.8 Å². The van der Waals surface area contributed by atoms with Crippen molar-refractivity contribution in [1.29, 1.82) is 5.26 Å². The Labute approximate surface area is 86.1 Å². The molecule has 15 heavy (non-hydrogen) atoms. The first-order valence-corrected chi connectivity index (χ1v) is 4.20. The van der Waals surface area contributed by atoms with E-state index in [0.717, 1.165) is 6.08 Å². The summed E-state index contributed by atoms with van der Waals surface area (Å²) in [4.78, 5) is 10.2. The minimum absolute atomic E-state index is 0.00869. The number of carboxylic acid groups (broad SMARTS) is 1. The third kappa shape index (κ3) is 3.24. The quantitative estimate of drug-likeness (QED) is 0.767.